The third-order valence-corrected chi connectivity index (χ3v) is 8.73. The number of hydrogen-bond donors (Lipinski definition) is 2. The number of esters is 1. The van der Waals surface area contributed by atoms with Crippen molar-refractivity contribution in [2.24, 2.45) is 0 Å². The molecule has 0 aliphatic rings. The number of aromatic hydroxyl groups is 2. The van der Waals surface area contributed by atoms with Crippen LogP contribution in [0.1, 0.15) is 151 Å². The molecule has 2 N–H and O–H groups in total. The van der Waals surface area contributed by atoms with Crippen LogP contribution in [0.5, 0.6) is 17.2 Å². The van der Waals surface area contributed by atoms with E-state index in [-0.39, 0.29) is 11.3 Å². The van der Waals surface area contributed by atoms with Crippen LogP contribution in [-0.4, -0.2) is 16.2 Å². The van der Waals surface area contributed by atoms with Gasteiger partial charge in [-0.15, -0.1) is 0 Å². The molecule has 0 saturated carbocycles. The molecule has 3 rings (SSSR count). The van der Waals surface area contributed by atoms with E-state index >= 15 is 0 Å². The van der Waals surface area contributed by atoms with Crippen LogP contribution in [0, 0.1) is 0 Å². The lowest BCUT2D eigenvalue weighted by molar-refractivity contribution is 0.0731. The summed E-state index contributed by atoms with van der Waals surface area (Å²) in [6, 6.07) is 15.1. The van der Waals surface area contributed by atoms with Gasteiger partial charge in [-0.3, -0.25) is 0 Å². The van der Waals surface area contributed by atoms with Crippen molar-refractivity contribution in [1.29, 1.82) is 0 Å². The van der Waals surface area contributed by atoms with E-state index in [0.29, 0.717) is 23.1 Å². The second-order valence-electron chi connectivity index (χ2n) is 12.3. The Morgan fingerprint density at radius 1 is 0.558 bits per heavy atom. The smallest absolute Gasteiger partial charge is 0.348 e. The first-order chi connectivity index (χ1) is 21.1. The van der Waals surface area contributed by atoms with Gasteiger partial charge in [-0.25, -0.2) is 4.79 Å². The third kappa shape index (κ3) is 11.2. The van der Waals surface area contributed by atoms with Gasteiger partial charge in [0.05, 0.1) is 0 Å². The number of aryl methyl sites for hydroxylation is 2. The zero-order valence-electron chi connectivity index (χ0n) is 27.0. The summed E-state index contributed by atoms with van der Waals surface area (Å²) in [6.07, 6.45) is 24.2. The lowest BCUT2D eigenvalue weighted by Crippen LogP contribution is -2.11. The van der Waals surface area contributed by atoms with Gasteiger partial charge >= 0.3 is 5.97 Å². The molecule has 4 nitrogen and oxygen atoms in total. The molecule has 3 aromatic carbocycles. The SMILES string of the molecule is CCCCCCCCCCCCCCCCc1ccccc1OC(=O)c1c(O)c(O)c(CCCCCC)c2ccccc12. The Labute approximate surface area is 260 Å². The normalized spacial score (nSPS) is 11.3. The second kappa shape index (κ2) is 20.0. The molecule has 0 radical (unpaired) electrons. The number of phenols is 2. The van der Waals surface area contributed by atoms with E-state index in [9.17, 15) is 15.0 Å². The van der Waals surface area contributed by atoms with Crippen LogP contribution >= 0.6 is 0 Å². The van der Waals surface area contributed by atoms with E-state index in [1.165, 1.54) is 83.5 Å². The van der Waals surface area contributed by atoms with Crippen molar-refractivity contribution in [2.75, 3.05) is 0 Å². The molecule has 0 spiro atoms. The van der Waals surface area contributed by atoms with E-state index in [1.54, 1.807) is 0 Å². The molecule has 0 saturated heterocycles. The highest BCUT2D eigenvalue weighted by Gasteiger charge is 2.25. The fourth-order valence-electron chi connectivity index (χ4n) is 6.14. The zero-order valence-corrected chi connectivity index (χ0v) is 27.0. The third-order valence-electron chi connectivity index (χ3n) is 8.73. The first kappa shape index (κ1) is 34.5. The average molecular weight is 589 g/mol. The van der Waals surface area contributed by atoms with Crippen LogP contribution in [-0.2, 0) is 12.8 Å². The van der Waals surface area contributed by atoms with Crippen molar-refractivity contribution >= 4 is 16.7 Å². The first-order valence-electron chi connectivity index (χ1n) is 17.3. The molecule has 0 heterocycles. The Morgan fingerprint density at radius 2 is 1.02 bits per heavy atom. The second-order valence-corrected chi connectivity index (χ2v) is 12.3. The van der Waals surface area contributed by atoms with Crippen molar-refractivity contribution < 1.29 is 19.7 Å². The van der Waals surface area contributed by atoms with Gasteiger partial charge in [-0.1, -0.05) is 159 Å². The minimum Gasteiger partial charge on any atom is -0.504 e. The molecular weight excluding hydrogens is 532 g/mol. The molecule has 0 unspecified atom stereocenters. The maximum Gasteiger partial charge on any atom is 0.348 e. The predicted molar refractivity (Wildman–Crippen MR) is 181 cm³/mol. The largest absolute Gasteiger partial charge is 0.504 e. The summed E-state index contributed by atoms with van der Waals surface area (Å²) in [7, 11) is 0. The summed E-state index contributed by atoms with van der Waals surface area (Å²) >= 11 is 0. The lowest BCUT2D eigenvalue weighted by atomic mass is 9.94. The Hall–Kier alpha value is -3.01. The minimum atomic E-state index is -0.644. The van der Waals surface area contributed by atoms with Gasteiger partial charge in [0.2, 0.25) is 0 Å². The highest BCUT2D eigenvalue weighted by Crippen LogP contribution is 2.41. The average Bonchev–Trinajstić information content (AvgIpc) is 3.02. The standard InChI is InChI=1S/C39H56O4/c1-3-5-7-9-10-11-12-13-14-15-16-17-18-19-25-31-26-21-24-30-35(31)43-39(42)36-33-28-23-22-27-32(33)34(37(40)38(36)41)29-20-8-6-4-2/h21-24,26-28,30,40-41H,3-20,25,29H2,1-2H3. The van der Waals surface area contributed by atoms with Crippen molar-refractivity contribution in [3.8, 4) is 17.2 Å². The Bertz CT molecular complexity index is 1230. The lowest BCUT2D eigenvalue weighted by Gasteiger charge is -2.16. The van der Waals surface area contributed by atoms with Crippen LogP contribution in [0.25, 0.3) is 10.8 Å². The van der Waals surface area contributed by atoms with Crippen molar-refractivity contribution in [3.63, 3.8) is 0 Å². The molecule has 4 heteroatoms. The van der Waals surface area contributed by atoms with Gasteiger partial charge in [-0.05, 0) is 42.7 Å². The van der Waals surface area contributed by atoms with Gasteiger partial charge in [0.15, 0.2) is 11.5 Å². The number of hydrogen-bond acceptors (Lipinski definition) is 4. The van der Waals surface area contributed by atoms with Crippen LogP contribution < -0.4 is 4.74 Å². The van der Waals surface area contributed by atoms with Crippen LogP contribution in [0.3, 0.4) is 0 Å². The Balaban J connectivity index is 1.50. The number of fused-ring (bicyclic) bond motifs is 1. The van der Waals surface area contributed by atoms with E-state index in [0.717, 1.165) is 49.5 Å². The number of phenolic OH excluding ortho intramolecular Hbond substituents is 2. The van der Waals surface area contributed by atoms with E-state index in [4.69, 9.17) is 4.74 Å². The van der Waals surface area contributed by atoms with Crippen LogP contribution in [0.2, 0.25) is 0 Å². The topological polar surface area (TPSA) is 66.8 Å². The number of para-hydroxylation sites is 1. The zero-order chi connectivity index (χ0) is 30.7. The van der Waals surface area contributed by atoms with E-state index in [1.807, 2.05) is 48.5 Å². The summed E-state index contributed by atoms with van der Waals surface area (Å²) in [6.45, 7) is 4.44. The fraction of sp³-hybridized carbons (Fsp3) is 0.564. The number of unbranched alkanes of at least 4 members (excludes halogenated alkanes) is 16. The number of rotatable bonds is 22. The quantitative estimate of drug-likeness (QED) is 0.0530. The van der Waals surface area contributed by atoms with Crippen molar-refractivity contribution in [1.82, 2.24) is 0 Å². The van der Waals surface area contributed by atoms with Crippen LogP contribution in [0.15, 0.2) is 48.5 Å². The molecule has 0 aliphatic heterocycles. The number of carbonyl (C=O) groups excluding carboxylic acids is 1. The number of ether oxygens (including phenoxy) is 1. The monoisotopic (exact) mass is 588 g/mol. The first-order valence-corrected chi connectivity index (χ1v) is 17.3. The predicted octanol–water partition coefficient (Wildman–Crippen LogP) is 11.6. The summed E-state index contributed by atoms with van der Waals surface area (Å²) < 4.78 is 5.89. The van der Waals surface area contributed by atoms with Crippen LogP contribution in [0.4, 0.5) is 0 Å². The fourth-order valence-corrected chi connectivity index (χ4v) is 6.14. The Kier molecular flexibility index (Phi) is 16.1. The highest BCUT2D eigenvalue weighted by atomic mass is 16.5. The highest BCUT2D eigenvalue weighted by molar-refractivity contribution is 6.10. The van der Waals surface area contributed by atoms with Gasteiger partial charge in [-0.2, -0.15) is 0 Å². The van der Waals surface area contributed by atoms with E-state index in [2.05, 4.69) is 13.8 Å². The summed E-state index contributed by atoms with van der Waals surface area (Å²) in [5, 5.41) is 23.3. The molecule has 3 aromatic rings. The number of carbonyl (C=O) groups is 1. The maximum absolute atomic E-state index is 13.5. The molecular formula is C39H56O4. The van der Waals surface area contributed by atoms with E-state index < -0.39 is 11.7 Å². The van der Waals surface area contributed by atoms with Gasteiger partial charge in [0, 0.05) is 10.9 Å². The molecule has 0 fully saturated rings. The Morgan fingerprint density at radius 3 is 1.63 bits per heavy atom. The molecule has 0 amide bonds. The molecule has 236 valence electrons. The molecule has 0 atom stereocenters. The van der Waals surface area contributed by atoms with Gasteiger partial charge in [0.1, 0.15) is 11.3 Å². The summed E-state index contributed by atoms with van der Waals surface area (Å²) in [5.41, 5.74) is 1.71. The molecule has 0 aliphatic carbocycles. The van der Waals surface area contributed by atoms with Gasteiger partial charge < -0.3 is 14.9 Å². The molecule has 0 aromatic heterocycles. The molecule has 43 heavy (non-hydrogen) atoms. The molecule has 0 bridgehead atoms. The summed E-state index contributed by atoms with van der Waals surface area (Å²) in [4.78, 5) is 13.5. The number of benzene rings is 3. The van der Waals surface area contributed by atoms with Gasteiger partial charge in [0.25, 0.3) is 0 Å². The summed E-state index contributed by atoms with van der Waals surface area (Å²) in [5.74, 6) is -0.722. The maximum atomic E-state index is 13.5. The van der Waals surface area contributed by atoms with Crippen molar-refractivity contribution in [3.05, 3.63) is 65.2 Å². The minimum absolute atomic E-state index is 0.0247. The van der Waals surface area contributed by atoms with Crippen molar-refractivity contribution in [2.45, 2.75) is 142 Å².